The van der Waals surface area contributed by atoms with Gasteiger partial charge in [0.1, 0.15) is 34.5 Å². The number of benzene rings is 2. The number of hydrogen-bond acceptors (Lipinski definition) is 7. The molecule has 0 spiro atoms. The summed E-state index contributed by atoms with van der Waals surface area (Å²) in [4.78, 5) is 13.1. The predicted octanol–water partition coefficient (Wildman–Crippen LogP) is 3.20. The maximum Gasteiger partial charge on any atom is 0.204 e. The van der Waals surface area contributed by atoms with Gasteiger partial charge in [0.15, 0.2) is 11.5 Å². The van der Waals surface area contributed by atoms with Gasteiger partial charge in [0.25, 0.3) is 0 Å². The zero-order valence-electron chi connectivity index (χ0n) is 14.8. The third kappa shape index (κ3) is 2.77. The molecular formula is C19H18O7. The lowest BCUT2D eigenvalue weighted by atomic mass is 10.0. The average molecular weight is 358 g/mol. The molecule has 1 aromatic heterocycles. The van der Waals surface area contributed by atoms with E-state index in [0.717, 1.165) is 0 Å². The first-order valence-corrected chi connectivity index (χ1v) is 7.67. The largest absolute Gasteiger partial charge is 0.507 e. The molecule has 0 bridgehead atoms. The molecule has 7 heteroatoms. The van der Waals surface area contributed by atoms with Crippen molar-refractivity contribution in [1.29, 1.82) is 0 Å². The van der Waals surface area contributed by atoms with E-state index in [2.05, 4.69) is 0 Å². The SMILES string of the molecule is COc1cc(OC)c2c(=O)c(-c3cc(OC)c(OC)cc3O)coc2c1. The van der Waals surface area contributed by atoms with Gasteiger partial charge in [-0.3, -0.25) is 4.79 Å². The summed E-state index contributed by atoms with van der Waals surface area (Å²) >= 11 is 0. The van der Waals surface area contributed by atoms with Crippen LogP contribution in [0, 0.1) is 0 Å². The fourth-order valence-corrected chi connectivity index (χ4v) is 2.74. The Hall–Kier alpha value is -3.35. The van der Waals surface area contributed by atoms with Crippen LogP contribution >= 0.6 is 0 Å². The smallest absolute Gasteiger partial charge is 0.204 e. The molecule has 1 heterocycles. The number of phenols is 1. The van der Waals surface area contributed by atoms with E-state index in [-0.39, 0.29) is 27.7 Å². The summed E-state index contributed by atoms with van der Waals surface area (Å²) < 4.78 is 26.5. The Labute approximate surface area is 149 Å². The maximum absolute atomic E-state index is 13.1. The van der Waals surface area contributed by atoms with Gasteiger partial charge in [-0.25, -0.2) is 0 Å². The van der Waals surface area contributed by atoms with Gasteiger partial charge in [-0.15, -0.1) is 0 Å². The Kier molecular flexibility index (Phi) is 4.62. The summed E-state index contributed by atoms with van der Waals surface area (Å²) in [6.45, 7) is 0. The highest BCUT2D eigenvalue weighted by Gasteiger charge is 2.19. The van der Waals surface area contributed by atoms with Crippen LogP contribution in [0.3, 0.4) is 0 Å². The first kappa shape index (κ1) is 17.5. The number of phenolic OH excluding ortho intramolecular Hbond substituents is 1. The van der Waals surface area contributed by atoms with E-state index in [1.54, 1.807) is 12.1 Å². The van der Waals surface area contributed by atoms with Crippen molar-refractivity contribution in [2.24, 2.45) is 0 Å². The molecule has 26 heavy (non-hydrogen) atoms. The first-order chi connectivity index (χ1) is 12.5. The topological polar surface area (TPSA) is 87.4 Å². The van der Waals surface area contributed by atoms with Crippen LogP contribution in [0.4, 0.5) is 0 Å². The molecule has 0 aliphatic carbocycles. The number of ether oxygens (including phenoxy) is 4. The number of rotatable bonds is 5. The van der Waals surface area contributed by atoms with E-state index in [0.29, 0.717) is 28.6 Å². The molecule has 3 rings (SSSR count). The van der Waals surface area contributed by atoms with E-state index in [1.807, 2.05) is 0 Å². The molecule has 0 saturated heterocycles. The Morgan fingerprint density at radius 1 is 0.808 bits per heavy atom. The molecule has 2 aromatic carbocycles. The van der Waals surface area contributed by atoms with E-state index in [9.17, 15) is 9.90 Å². The fourth-order valence-electron chi connectivity index (χ4n) is 2.74. The van der Waals surface area contributed by atoms with Crippen LogP contribution in [-0.2, 0) is 0 Å². The normalized spacial score (nSPS) is 10.6. The van der Waals surface area contributed by atoms with Gasteiger partial charge in [0.05, 0.1) is 34.0 Å². The van der Waals surface area contributed by atoms with Crippen molar-refractivity contribution < 1.29 is 28.5 Å². The van der Waals surface area contributed by atoms with Crippen molar-refractivity contribution in [3.8, 4) is 39.9 Å². The second-order valence-corrected chi connectivity index (χ2v) is 5.41. The highest BCUT2D eigenvalue weighted by Crippen LogP contribution is 2.39. The molecule has 1 N–H and O–H groups in total. The average Bonchev–Trinajstić information content (AvgIpc) is 2.67. The van der Waals surface area contributed by atoms with Crippen LogP contribution < -0.4 is 24.4 Å². The van der Waals surface area contributed by atoms with Crippen molar-refractivity contribution in [3.05, 3.63) is 40.8 Å². The van der Waals surface area contributed by atoms with Gasteiger partial charge in [-0.05, 0) is 6.07 Å². The number of methoxy groups -OCH3 is 4. The van der Waals surface area contributed by atoms with Gasteiger partial charge in [-0.1, -0.05) is 0 Å². The molecular weight excluding hydrogens is 340 g/mol. The highest BCUT2D eigenvalue weighted by molar-refractivity contribution is 5.89. The molecule has 0 unspecified atom stereocenters. The summed E-state index contributed by atoms with van der Waals surface area (Å²) in [6, 6.07) is 6.08. The number of fused-ring (bicyclic) bond motifs is 1. The first-order valence-electron chi connectivity index (χ1n) is 7.67. The molecule has 0 atom stereocenters. The molecule has 0 aliphatic rings. The third-order valence-electron chi connectivity index (χ3n) is 4.06. The van der Waals surface area contributed by atoms with Gasteiger partial charge in [-0.2, -0.15) is 0 Å². The molecule has 0 saturated carbocycles. The highest BCUT2D eigenvalue weighted by atomic mass is 16.5. The summed E-state index contributed by atoms with van der Waals surface area (Å²) in [5.41, 5.74) is 0.388. The van der Waals surface area contributed by atoms with E-state index < -0.39 is 0 Å². The van der Waals surface area contributed by atoms with Crippen molar-refractivity contribution in [2.45, 2.75) is 0 Å². The zero-order chi connectivity index (χ0) is 18.8. The van der Waals surface area contributed by atoms with Gasteiger partial charge < -0.3 is 28.5 Å². The molecule has 0 radical (unpaired) electrons. The molecule has 7 nitrogen and oxygen atoms in total. The van der Waals surface area contributed by atoms with Crippen LogP contribution in [0.1, 0.15) is 0 Å². The second-order valence-electron chi connectivity index (χ2n) is 5.41. The van der Waals surface area contributed by atoms with E-state index in [4.69, 9.17) is 23.4 Å². The van der Waals surface area contributed by atoms with Gasteiger partial charge >= 0.3 is 0 Å². The Morgan fingerprint density at radius 3 is 2.08 bits per heavy atom. The molecule has 0 fully saturated rings. The van der Waals surface area contributed by atoms with Crippen molar-refractivity contribution in [3.63, 3.8) is 0 Å². The lowest BCUT2D eigenvalue weighted by molar-refractivity contribution is 0.352. The monoisotopic (exact) mass is 358 g/mol. The van der Waals surface area contributed by atoms with Crippen LogP contribution in [0.15, 0.2) is 39.7 Å². The summed E-state index contributed by atoms with van der Waals surface area (Å²) in [6.07, 6.45) is 1.28. The molecule has 136 valence electrons. The molecule has 3 aromatic rings. The van der Waals surface area contributed by atoms with Gasteiger partial charge in [0, 0.05) is 23.8 Å². The van der Waals surface area contributed by atoms with E-state index in [1.165, 1.54) is 46.8 Å². The van der Waals surface area contributed by atoms with Crippen LogP contribution in [0.2, 0.25) is 0 Å². The lowest BCUT2D eigenvalue weighted by Gasteiger charge is -2.12. The molecule has 0 amide bonds. The minimum atomic E-state index is -0.353. The summed E-state index contributed by atoms with van der Waals surface area (Å²) in [5, 5.41) is 10.6. The number of aromatic hydroxyl groups is 1. The standard InChI is InChI=1S/C19H18O7/c1-22-10-5-16(25-4)18-17(6-10)26-9-12(19(18)21)11-7-14(23-2)15(24-3)8-13(11)20/h5-9,20H,1-4H3. The van der Waals surface area contributed by atoms with Crippen molar-refractivity contribution in [1.82, 2.24) is 0 Å². The Bertz CT molecular complexity index is 1020. The van der Waals surface area contributed by atoms with Crippen molar-refractivity contribution in [2.75, 3.05) is 28.4 Å². The Balaban J connectivity index is 2.31. The lowest BCUT2D eigenvalue weighted by Crippen LogP contribution is -2.07. The quantitative estimate of drug-likeness (QED) is 0.749. The fraction of sp³-hybridized carbons (Fsp3) is 0.211. The summed E-state index contributed by atoms with van der Waals surface area (Å²) in [7, 11) is 5.89. The van der Waals surface area contributed by atoms with Crippen LogP contribution in [0.5, 0.6) is 28.7 Å². The Morgan fingerprint density at radius 2 is 1.46 bits per heavy atom. The summed E-state index contributed by atoms with van der Waals surface area (Å²) in [5.74, 6) is 1.40. The van der Waals surface area contributed by atoms with Crippen molar-refractivity contribution >= 4 is 11.0 Å². The predicted molar refractivity (Wildman–Crippen MR) is 95.8 cm³/mol. The maximum atomic E-state index is 13.1. The van der Waals surface area contributed by atoms with Gasteiger partial charge in [0.2, 0.25) is 5.43 Å². The van der Waals surface area contributed by atoms with Crippen LogP contribution in [-0.4, -0.2) is 33.5 Å². The third-order valence-corrected chi connectivity index (χ3v) is 4.06. The zero-order valence-corrected chi connectivity index (χ0v) is 14.8. The number of hydrogen-bond donors (Lipinski definition) is 1. The van der Waals surface area contributed by atoms with E-state index >= 15 is 0 Å². The molecule has 0 aliphatic heterocycles. The van der Waals surface area contributed by atoms with Crippen LogP contribution in [0.25, 0.3) is 22.1 Å². The minimum absolute atomic E-state index is 0.137. The second kappa shape index (κ2) is 6.87. The minimum Gasteiger partial charge on any atom is -0.507 e.